The zero-order valence-electron chi connectivity index (χ0n) is 80.9. The Hall–Kier alpha value is -8.06. The summed E-state index contributed by atoms with van der Waals surface area (Å²) in [5.41, 5.74) is 94.9. The first-order valence-corrected chi connectivity index (χ1v) is 50.1. The van der Waals surface area contributed by atoms with Crippen LogP contribution in [-0.2, 0) is 67.1 Å². The maximum atomic E-state index is 14.6. The smallest absolute Gasteiger partial charge is 0.243 e. The molecule has 0 aromatic rings. The molecule has 0 saturated carbocycles. The molecular formula is C90H184N30O14. The number of hydrogen-bond acceptors (Lipinski definition) is 30. The van der Waals surface area contributed by atoms with Crippen molar-refractivity contribution in [2.45, 2.75) is 380 Å². The molecular weight excluding hydrogens is 1730 g/mol. The summed E-state index contributed by atoms with van der Waals surface area (Å²) in [5.74, 6) is -6.83. The number of hydrogen-bond donors (Lipinski definition) is 30. The van der Waals surface area contributed by atoms with Gasteiger partial charge in [-0.3, -0.25) is 67.1 Å². The van der Waals surface area contributed by atoms with Gasteiger partial charge in [-0.15, -0.1) is 0 Å². The van der Waals surface area contributed by atoms with E-state index in [4.69, 9.17) is 91.7 Å². The number of nitrogens with one attached hydrogen (secondary N) is 14. The monoisotopic (exact) mass is 1910 g/mol. The van der Waals surface area contributed by atoms with Gasteiger partial charge in [-0.2, -0.15) is 0 Å². The first kappa shape index (κ1) is 126. The van der Waals surface area contributed by atoms with E-state index in [2.05, 4.69) is 74.4 Å². The lowest BCUT2D eigenvalue weighted by Crippen LogP contribution is -2.55. The van der Waals surface area contributed by atoms with E-state index in [0.717, 1.165) is 25.7 Å². The van der Waals surface area contributed by atoms with Gasteiger partial charge in [0.25, 0.3) is 0 Å². The molecule has 0 aliphatic heterocycles. The van der Waals surface area contributed by atoms with Gasteiger partial charge < -0.3 is 166 Å². The molecule has 44 nitrogen and oxygen atoms in total. The molecule has 0 fully saturated rings. The van der Waals surface area contributed by atoms with E-state index in [1.54, 1.807) is 0 Å². The van der Waals surface area contributed by atoms with Crippen LogP contribution in [0.15, 0.2) is 0 Å². The maximum absolute atomic E-state index is 14.6. The Morgan fingerprint density at radius 1 is 0.134 bits per heavy atom. The maximum Gasteiger partial charge on any atom is 0.243 e. The minimum atomic E-state index is -1.17. The molecule has 0 rings (SSSR count). The Morgan fingerprint density at radius 2 is 0.254 bits per heavy atom. The van der Waals surface area contributed by atoms with E-state index in [-0.39, 0.29) is 127 Å². The van der Waals surface area contributed by atoms with Gasteiger partial charge in [0.1, 0.15) is 36.3 Å². The van der Waals surface area contributed by atoms with Crippen molar-refractivity contribution in [1.29, 1.82) is 0 Å². The zero-order valence-corrected chi connectivity index (χ0v) is 80.9. The van der Waals surface area contributed by atoms with E-state index in [1.807, 2.05) is 0 Å². The fourth-order valence-corrected chi connectivity index (χ4v) is 14.5. The van der Waals surface area contributed by atoms with Crippen molar-refractivity contribution in [3.05, 3.63) is 0 Å². The Labute approximate surface area is 797 Å². The summed E-state index contributed by atoms with van der Waals surface area (Å²) in [6.07, 6.45) is 21.0. The number of unbranched alkanes of at least 4 members (excludes halogenated alkanes) is 17. The zero-order chi connectivity index (χ0) is 99.9. The highest BCUT2D eigenvalue weighted by Crippen LogP contribution is 2.15. The van der Waals surface area contributed by atoms with Gasteiger partial charge in [0.2, 0.25) is 82.7 Å². The first-order valence-electron chi connectivity index (χ1n) is 50.1. The van der Waals surface area contributed by atoms with Crippen LogP contribution in [-0.4, -0.2) is 272 Å². The molecule has 0 saturated heterocycles. The van der Waals surface area contributed by atoms with Gasteiger partial charge in [0.05, 0.1) is 48.3 Å². The Balaban J connectivity index is 7.09. The van der Waals surface area contributed by atoms with Gasteiger partial charge in [0, 0.05) is 52.4 Å². The fraction of sp³-hybridized carbons (Fsp3) is 0.844. The normalized spacial score (nSPS) is 14.5. The highest BCUT2D eigenvalue weighted by molar-refractivity contribution is 5.95. The van der Waals surface area contributed by atoms with Crippen LogP contribution >= 0.6 is 0 Å². The summed E-state index contributed by atoms with van der Waals surface area (Å²) in [6.45, 7) is 5.09. The average molecular weight is 1910 g/mol. The fourth-order valence-electron chi connectivity index (χ4n) is 14.5. The van der Waals surface area contributed by atoms with Crippen LogP contribution in [0.5, 0.6) is 0 Å². The van der Waals surface area contributed by atoms with Gasteiger partial charge in [-0.1, -0.05) is 64.2 Å². The third-order valence-corrected chi connectivity index (χ3v) is 23.3. The molecule has 0 unspecified atom stereocenters. The summed E-state index contributed by atoms with van der Waals surface area (Å²) in [6, 6.07) is -13.2. The van der Waals surface area contributed by atoms with Crippen molar-refractivity contribution in [3.8, 4) is 0 Å². The number of carbonyl (C=O) groups excluding carboxylic acids is 14. The second-order valence-corrected chi connectivity index (χ2v) is 35.2. The molecule has 778 valence electrons. The third-order valence-electron chi connectivity index (χ3n) is 23.3. The van der Waals surface area contributed by atoms with Gasteiger partial charge in [-0.25, -0.2) is 0 Å². The van der Waals surface area contributed by atoms with Crippen LogP contribution in [0.1, 0.15) is 295 Å². The third kappa shape index (κ3) is 64.1. The number of nitrogens with two attached hydrogens (primary N) is 16. The summed E-state index contributed by atoms with van der Waals surface area (Å²) < 4.78 is 0. The minimum absolute atomic E-state index is 0.0715. The van der Waals surface area contributed by atoms with E-state index in [9.17, 15) is 67.1 Å². The Bertz CT molecular complexity index is 3000. The highest BCUT2D eigenvalue weighted by Gasteiger charge is 2.33. The summed E-state index contributed by atoms with van der Waals surface area (Å²) >= 11 is 0. The molecule has 0 heterocycles. The van der Waals surface area contributed by atoms with Crippen LogP contribution < -0.4 is 166 Å². The molecule has 14 amide bonds. The van der Waals surface area contributed by atoms with E-state index in [1.165, 1.54) is 0 Å². The molecule has 0 radical (unpaired) electrons. The quantitative estimate of drug-likeness (QED) is 0.0254. The van der Waals surface area contributed by atoms with Crippen LogP contribution in [0.25, 0.3) is 0 Å². The Kier molecular flexibility index (Phi) is 78.1. The average Bonchev–Trinajstić information content (AvgIpc) is 0.869. The topological polar surface area (TPSA) is 824 Å². The lowest BCUT2D eigenvalue weighted by molar-refractivity contribution is -0.132. The SMILES string of the molecule is NCCCC[C@H](N)C(=O)NCCCC[C@H](NC(=O)[C@@H](N)CCCCN)C(=O)NCCCC[C@H](NC(=O)[C@H](CCCCNC(=O)[C@@H](N)CCCCN)NC(=O)[C@@H](N)CCCCN)C(=O)NCCCCCCNC(=O)[C@H](CCCCNC(=O)[C@H](CCCCNC(=O)[C@@H](N)CCCCN)NC(=O)[C@@H](N)CCCCN)NC(=O)[C@H](CCCCNC(=O)[C@@H](N)CCCCN)NC(=O)[C@@H](N)CCCCN. The largest absolute Gasteiger partial charge is 0.355 e. The molecule has 46 N–H and O–H groups in total. The van der Waals surface area contributed by atoms with Gasteiger partial charge in [-0.05, 0) is 284 Å². The van der Waals surface area contributed by atoms with E-state index >= 15 is 0 Å². The van der Waals surface area contributed by atoms with Crippen molar-refractivity contribution in [1.82, 2.24) is 74.4 Å². The lowest BCUT2D eigenvalue weighted by atomic mass is 10.0. The van der Waals surface area contributed by atoms with Gasteiger partial charge >= 0.3 is 0 Å². The predicted octanol–water partition coefficient (Wildman–Crippen LogP) is -4.94. The van der Waals surface area contributed by atoms with Crippen molar-refractivity contribution < 1.29 is 67.1 Å². The van der Waals surface area contributed by atoms with Crippen molar-refractivity contribution in [2.75, 3.05) is 105 Å². The van der Waals surface area contributed by atoms with Crippen LogP contribution in [0.2, 0.25) is 0 Å². The first-order chi connectivity index (χ1) is 64.4. The van der Waals surface area contributed by atoms with Crippen LogP contribution in [0.4, 0.5) is 0 Å². The van der Waals surface area contributed by atoms with Crippen molar-refractivity contribution >= 4 is 82.7 Å². The van der Waals surface area contributed by atoms with Crippen molar-refractivity contribution in [3.63, 3.8) is 0 Å². The summed E-state index contributed by atoms with van der Waals surface area (Å²) in [4.78, 5) is 191. The number of carbonyl (C=O) groups is 14. The molecule has 0 aliphatic rings. The second kappa shape index (κ2) is 83.1. The molecule has 44 heteroatoms. The number of rotatable bonds is 89. The van der Waals surface area contributed by atoms with E-state index in [0.29, 0.717) is 271 Å². The molecule has 0 bridgehead atoms. The van der Waals surface area contributed by atoms with Crippen LogP contribution in [0, 0.1) is 0 Å². The molecule has 134 heavy (non-hydrogen) atoms. The molecule has 0 aliphatic carbocycles. The lowest BCUT2D eigenvalue weighted by Gasteiger charge is -2.25. The van der Waals surface area contributed by atoms with Crippen molar-refractivity contribution in [2.24, 2.45) is 91.7 Å². The summed E-state index contributed by atoms with van der Waals surface area (Å²) in [7, 11) is 0. The minimum Gasteiger partial charge on any atom is -0.355 e. The summed E-state index contributed by atoms with van der Waals surface area (Å²) in [5, 5.41) is 40.0. The Morgan fingerprint density at radius 3 is 0.410 bits per heavy atom. The molecule has 14 atom stereocenters. The number of amides is 14. The van der Waals surface area contributed by atoms with Gasteiger partial charge in [0.15, 0.2) is 0 Å². The predicted molar refractivity (Wildman–Crippen MR) is 524 cm³/mol. The second-order valence-electron chi connectivity index (χ2n) is 35.2. The van der Waals surface area contributed by atoms with E-state index < -0.39 is 144 Å². The standard InChI is InChI=1S/C90H184N30O14/c91-47-17-3-33-63(99)77(121)107-57-27-11-41-71(115-81(125)67(103)37-7-21-51-95)85(129)113-61-31-13-43-73(119-89(133)75(117-83(127)69(105)39-9-23-53-97)45-15-29-59-109-79(123)65(101)35-5-19-49-93)87(131)111-55-25-1-2-26-56-112-88(132)74(120-90(134)76(118-84(128)70(106)40-10-24-54-98)46-16-30-60-110-80(124)66(102)36-6-20-50-94)44-14-32-62-114-86(130)72(116-82(126)68(104)38-8-22-52-96)42-12-28-58-108-78(122)64(100)34-4-18-48-92/h63-76H,1-62,91-106H2,(H,107,121)(H,108,122)(H,109,123)(H,110,124)(H,111,131)(H,112,132)(H,113,129)(H,114,130)(H,115,125)(H,116,126)(H,117,127)(H,118,128)(H,119,133)(H,120,134)/t63-,64-,65-,66-,67-,68-,69-,70-,71-,72-,73-,74-,75-,76-/m0/s1. The molecule has 0 aromatic heterocycles. The molecule has 0 spiro atoms. The molecule has 0 aromatic carbocycles. The highest BCUT2D eigenvalue weighted by atomic mass is 16.2. The van der Waals surface area contributed by atoms with Crippen LogP contribution in [0.3, 0.4) is 0 Å².